The largest absolute Gasteiger partial charge is 0.302 e. The molecule has 0 fully saturated rings. The molecule has 2 aliphatic rings. The first-order valence-corrected chi connectivity index (χ1v) is 9.19. The highest BCUT2D eigenvalue weighted by molar-refractivity contribution is 7.15. The van der Waals surface area contributed by atoms with Crippen LogP contribution < -0.4 is 5.32 Å². The van der Waals surface area contributed by atoms with E-state index in [4.69, 9.17) is 0 Å². The minimum absolute atomic E-state index is 0.0652. The van der Waals surface area contributed by atoms with Gasteiger partial charge < -0.3 is 5.32 Å². The van der Waals surface area contributed by atoms with E-state index >= 15 is 0 Å². The Hall–Kier alpha value is -2.54. The van der Waals surface area contributed by atoms with Crippen LogP contribution in [0.2, 0.25) is 0 Å². The molecule has 0 bridgehead atoms. The van der Waals surface area contributed by atoms with Crippen LogP contribution in [0.5, 0.6) is 0 Å². The molecule has 3 amide bonds. The lowest BCUT2D eigenvalue weighted by atomic mass is 10.0. The van der Waals surface area contributed by atoms with E-state index in [0.29, 0.717) is 16.3 Å². The van der Waals surface area contributed by atoms with Gasteiger partial charge in [-0.15, -0.1) is 11.3 Å². The van der Waals surface area contributed by atoms with Gasteiger partial charge in [-0.1, -0.05) is 12.1 Å². The summed E-state index contributed by atoms with van der Waals surface area (Å²) in [6.07, 6.45) is 4.37. The number of hydrogen-bond donors (Lipinski definition) is 1. The topological polar surface area (TPSA) is 79.4 Å². The maximum Gasteiger partial charge on any atom is 0.261 e. The van der Waals surface area contributed by atoms with Crippen molar-refractivity contribution in [3.63, 3.8) is 0 Å². The van der Waals surface area contributed by atoms with Crippen LogP contribution in [0.25, 0.3) is 0 Å². The van der Waals surface area contributed by atoms with Gasteiger partial charge >= 0.3 is 0 Å². The zero-order valence-corrected chi connectivity index (χ0v) is 14.4. The summed E-state index contributed by atoms with van der Waals surface area (Å²) in [6.45, 7) is 0.0727. The van der Waals surface area contributed by atoms with Crippen molar-refractivity contribution in [1.29, 1.82) is 0 Å². The highest BCUT2D eigenvalue weighted by atomic mass is 32.1. The number of aryl methyl sites for hydroxylation is 2. The van der Waals surface area contributed by atoms with Gasteiger partial charge in [0.15, 0.2) is 5.13 Å². The fourth-order valence-electron chi connectivity index (χ4n) is 3.24. The SMILES string of the molecule is O=C(CCN1C(=O)c2ccccc2C1=O)Nc1nc2c(s1)CCCC2. The number of nitrogens with one attached hydrogen (secondary N) is 1. The molecule has 1 aliphatic heterocycles. The first-order valence-electron chi connectivity index (χ1n) is 8.37. The lowest BCUT2D eigenvalue weighted by Crippen LogP contribution is -2.32. The van der Waals surface area contributed by atoms with Crippen LogP contribution in [0.3, 0.4) is 0 Å². The Morgan fingerprint density at radius 1 is 1.12 bits per heavy atom. The van der Waals surface area contributed by atoms with E-state index in [1.54, 1.807) is 24.3 Å². The first kappa shape index (κ1) is 16.0. The van der Waals surface area contributed by atoms with Crippen LogP contribution in [0.4, 0.5) is 5.13 Å². The maximum atomic E-state index is 12.3. The van der Waals surface area contributed by atoms with Gasteiger partial charge in [0, 0.05) is 17.8 Å². The second-order valence-corrected chi connectivity index (χ2v) is 7.29. The molecule has 25 heavy (non-hydrogen) atoms. The third kappa shape index (κ3) is 2.95. The number of carbonyl (C=O) groups is 3. The number of imide groups is 1. The number of anilines is 1. The fourth-order valence-corrected chi connectivity index (χ4v) is 4.31. The molecule has 0 radical (unpaired) electrons. The molecule has 0 spiro atoms. The Bertz CT molecular complexity index is 816. The maximum absolute atomic E-state index is 12.3. The molecule has 1 aromatic carbocycles. The second kappa shape index (κ2) is 6.40. The Kier molecular flexibility index (Phi) is 4.09. The van der Waals surface area contributed by atoms with E-state index in [2.05, 4.69) is 10.3 Å². The normalized spacial score (nSPS) is 15.9. The van der Waals surface area contributed by atoms with Gasteiger partial charge in [-0.25, -0.2) is 4.98 Å². The van der Waals surface area contributed by atoms with E-state index in [-0.39, 0.29) is 30.7 Å². The molecule has 1 aromatic heterocycles. The number of aromatic nitrogens is 1. The summed E-state index contributed by atoms with van der Waals surface area (Å²) >= 11 is 1.52. The standard InChI is InChI=1S/C18H17N3O3S/c22-15(20-18-19-13-7-3-4-8-14(13)25-18)9-10-21-16(23)11-5-1-2-6-12(11)17(21)24/h1-2,5-6H,3-4,7-10H2,(H,19,20,22). The fraction of sp³-hybridized carbons (Fsp3) is 0.333. The first-order chi connectivity index (χ1) is 12.1. The summed E-state index contributed by atoms with van der Waals surface area (Å²) in [5.41, 5.74) is 1.90. The van der Waals surface area contributed by atoms with Crippen molar-refractivity contribution in [1.82, 2.24) is 9.88 Å². The highest BCUT2D eigenvalue weighted by Crippen LogP contribution is 2.29. The van der Waals surface area contributed by atoms with Gasteiger partial charge in [-0.05, 0) is 37.8 Å². The molecule has 4 rings (SSSR count). The molecule has 2 heterocycles. The Morgan fingerprint density at radius 3 is 2.48 bits per heavy atom. The Balaban J connectivity index is 1.37. The van der Waals surface area contributed by atoms with E-state index in [0.717, 1.165) is 29.9 Å². The molecule has 7 heteroatoms. The van der Waals surface area contributed by atoms with E-state index in [1.165, 1.54) is 22.6 Å². The van der Waals surface area contributed by atoms with Crippen molar-refractivity contribution in [2.45, 2.75) is 32.1 Å². The lowest BCUT2D eigenvalue weighted by Gasteiger charge is -2.12. The average molecular weight is 355 g/mol. The van der Waals surface area contributed by atoms with Crippen molar-refractivity contribution in [3.05, 3.63) is 46.0 Å². The van der Waals surface area contributed by atoms with Gasteiger partial charge in [0.25, 0.3) is 11.8 Å². The van der Waals surface area contributed by atoms with Crippen LogP contribution in [-0.2, 0) is 17.6 Å². The van der Waals surface area contributed by atoms with Crippen molar-refractivity contribution >= 4 is 34.2 Å². The third-order valence-electron chi connectivity index (χ3n) is 4.53. The third-order valence-corrected chi connectivity index (χ3v) is 5.61. The van der Waals surface area contributed by atoms with Crippen LogP contribution in [0, 0.1) is 0 Å². The second-order valence-electron chi connectivity index (χ2n) is 6.20. The minimum Gasteiger partial charge on any atom is -0.302 e. The number of rotatable bonds is 4. The number of hydrogen-bond acceptors (Lipinski definition) is 5. The summed E-state index contributed by atoms with van der Waals surface area (Å²) in [5, 5.41) is 3.40. The smallest absolute Gasteiger partial charge is 0.261 e. The van der Waals surface area contributed by atoms with Crippen LogP contribution in [0.1, 0.15) is 50.5 Å². The van der Waals surface area contributed by atoms with Crippen LogP contribution >= 0.6 is 11.3 Å². The summed E-state index contributed by atoms with van der Waals surface area (Å²) < 4.78 is 0. The Morgan fingerprint density at radius 2 is 1.80 bits per heavy atom. The van der Waals surface area contributed by atoms with Gasteiger partial charge in [0.05, 0.1) is 16.8 Å². The van der Waals surface area contributed by atoms with Crippen molar-refractivity contribution < 1.29 is 14.4 Å². The van der Waals surface area contributed by atoms with Crippen LogP contribution in [-0.4, -0.2) is 34.2 Å². The highest BCUT2D eigenvalue weighted by Gasteiger charge is 2.35. The predicted molar refractivity (Wildman–Crippen MR) is 93.8 cm³/mol. The number of thiazole rings is 1. The number of amides is 3. The van der Waals surface area contributed by atoms with E-state index in [9.17, 15) is 14.4 Å². The summed E-state index contributed by atoms with van der Waals surface area (Å²) in [4.78, 5) is 43.6. The quantitative estimate of drug-likeness (QED) is 0.855. The minimum atomic E-state index is -0.335. The average Bonchev–Trinajstić information content (AvgIpc) is 3.13. The molecule has 0 saturated carbocycles. The molecule has 0 saturated heterocycles. The van der Waals surface area contributed by atoms with E-state index < -0.39 is 0 Å². The van der Waals surface area contributed by atoms with Crippen molar-refractivity contribution in [2.24, 2.45) is 0 Å². The van der Waals surface area contributed by atoms with Gasteiger partial charge in [-0.3, -0.25) is 19.3 Å². The monoisotopic (exact) mass is 355 g/mol. The summed E-state index contributed by atoms with van der Waals surface area (Å²) in [5.74, 6) is -0.904. The lowest BCUT2D eigenvalue weighted by molar-refractivity contribution is -0.116. The molecule has 128 valence electrons. The summed E-state index contributed by atoms with van der Waals surface area (Å²) in [6, 6.07) is 6.72. The number of nitrogens with zero attached hydrogens (tertiary/aromatic N) is 2. The molecule has 0 unspecified atom stereocenters. The van der Waals surface area contributed by atoms with Gasteiger partial charge in [0.2, 0.25) is 5.91 Å². The predicted octanol–water partition coefficient (Wildman–Crippen LogP) is 2.65. The van der Waals surface area contributed by atoms with Gasteiger partial charge in [-0.2, -0.15) is 0 Å². The number of benzene rings is 1. The Labute approximate surface area is 148 Å². The van der Waals surface area contributed by atoms with Crippen molar-refractivity contribution in [3.8, 4) is 0 Å². The molecule has 0 atom stereocenters. The van der Waals surface area contributed by atoms with E-state index in [1.807, 2.05) is 0 Å². The zero-order chi connectivity index (χ0) is 17.4. The zero-order valence-electron chi connectivity index (χ0n) is 13.6. The van der Waals surface area contributed by atoms with Gasteiger partial charge in [0.1, 0.15) is 0 Å². The summed E-state index contributed by atoms with van der Waals surface area (Å²) in [7, 11) is 0. The molecule has 1 aliphatic carbocycles. The molecule has 6 nitrogen and oxygen atoms in total. The molecule has 2 aromatic rings. The van der Waals surface area contributed by atoms with Crippen molar-refractivity contribution in [2.75, 3.05) is 11.9 Å². The molecular formula is C18H17N3O3S. The molecule has 1 N–H and O–H groups in total. The van der Waals surface area contributed by atoms with Crippen LogP contribution in [0.15, 0.2) is 24.3 Å². The molecular weight excluding hydrogens is 338 g/mol. The number of carbonyl (C=O) groups excluding carboxylic acids is 3. The number of fused-ring (bicyclic) bond motifs is 2.